The molecule has 2 aromatic rings. The summed E-state index contributed by atoms with van der Waals surface area (Å²) < 4.78 is 5.59. The molecule has 1 saturated carbocycles. The molecule has 162 valence electrons. The van der Waals surface area contributed by atoms with Crippen molar-refractivity contribution in [3.05, 3.63) is 71.3 Å². The van der Waals surface area contributed by atoms with Crippen LogP contribution in [-0.2, 0) is 16.8 Å². The Morgan fingerprint density at radius 3 is 2.27 bits per heavy atom. The Hall–Kier alpha value is -1.68. The summed E-state index contributed by atoms with van der Waals surface area (Å²) in [5.74, 6) is 0.345. The second-order valence-electron chi connectivity index (χ2n) is 9.09. The standard InChI is InChI=1S/C27H37NO2/c1-2-22-13-15-25(16-14-22)27(29,24-11-7-4-8-12-24)26(23-9-5-3-6-10-23)21-28-17-19-30-20-18-28/h3,5-6,9-10,13-16,24,26,29H,2,4,7-8,11-12,17-21H2,1H3. The second kappa shape index (κ2) is 10.1. The van der Waals surface area contributed by atoms with Crippen molar-refractivity contribution >= 4 is 0 Å². The fraction of sp³-hybridized carbons (Fsp3) is 0.556. The molecule has 3 nitrogen and oxygen atoms in total. The average molecular weight is 408 g/mol. The summed E-state index contributed by atoms with van der Waals surface area (Å²) in [6, 6.07) is 19.5. The molecule has 0 radical (unpaired) electrons. The van der Waals surface area contributed by atoms with E-state index in [-0.39, 0.29) is 5.92 Å². The highest BCUT2D eigenvalue weighted by Gasteiger charge is 2.46. The molecule has 1 N–H and O–H groups in total. The van der Waals surface area contributed by atoms with E-state index in [0.717, 1.165) is 57.7 Å². The minimum atomic E-state index is -0.855. The molecule has 1 heterocycles. The predicted molar refractivity (Wildman–Crippen MR) is 123 cm³/mol. The molecule has 3 heteroatoms. The van der Waals surface area contributed by atoms with E-state index >= 15 is 0 Å². The lowest BCUT2D eigenvalue weighted by Gasteiger charge is -2.46. The van der Waals surface area contributed by atoms with Gasteiger partial charge in [0, 0.05) is 25.6 Å². The average Bonchev–Trinajstić information content (AvgIpc) is 2.84. The van der Waals surface area contributed by atoms with Crippen molar-refractivity contribution in [2.75, 3.05) is 32.8 Å². The Kier molecular flexibility index (Phi) is 7.24. The lowest BCUT2D eigenvalue weighted by molar-refractivity contribution is -0.0758. The maximum absolute atomic E-state index is 12.7. The van der Waals surface area contributed by atoms with Crippen molar-refractivity contribution < 1.29 is 9.84 Å². The van der Waals surface area contributed by atoms with Crippen molar-refractivity contribution in [3.63, 3.8) is 0 Å². The van der Waals surface area contributed by atoms with E-state index in [0.29, 0.717) is 5.92 Å². The molecule has 0 amide bonds. The van der Waals surface area contributed by atoms with Crippen LogP contribution in [0.2, 0.25) is 0 Å². The van der Waals surface area contributed by atoms with Crippen LogP contribution in [0.3, 0.4) is 0 Å². The van der Waals surface area contributed by atoms with E-state index in [2.05, 4.69) is 66.4 Å². The van der Waals surface area contributed by atoms with Gasteiger partial charge in [-0.3, -0.25) is 4.90 Å². The first-order chi connectivity index (χ1) is 14.7. The molecule has 2 aromatic carbocycles. The molecule has 0 bridgehead atoms. The second-order valence-corrected chi connectivity index (χ2v) is 9.09. The van der Waals surface area contributed by atoms with Gasteiger partial charge in [0.05, 0.1) is 13.2 Å². The van der Waals surface area contributed by atoms with Gasteiger partial charge in [-0.15, -0.1) is 0 Å². The van der Waals surface area contributed by atoms with Crippen molar-refractivity contribution in [2.24, 2.45) is 5.92 Å². The highest BCUT2D eigenvalue weighted by Crippen LogP contribution is 2.48. The first-order valence-electron chi connectivity index (χ1n) is 11.9. The monoisotopic (exact) mass is 407 g/mol. The molecule has 30 heavy (non-hydrogen) atoms. The predicted octanol–water partition coefficient (Wildman–Crippen LogP) is 5.13. The van der Waals surface area contributed by atoms with Crippen LogP contribution in [0.5, 0.6) is 0 Å². The topological polar surface area (TPSA) is 32.7 Å². The van der Waals surface area contributed by atoms with Gasteiger partial charge in [0.15, 0.2) is 0 Å². The van der Waals surface area contributed by atoms with Gasteiger partial charge >= 0.3 is 0 Å². The summed E-state index contributed by atoms with van der Waals surface area (Å²) >= 11 is 0. The number of nitrogens with zero attached hydrogens (tertiary/aromatic N) is 1. The summed E-state index contributed by atoms with van der Waals surface area (Å²) in [6.07, 6.45) is 6.98. The van der Waals surface area contributed by atoms with Crippen LogP contribution in [-0.4, -0.2) is 42.9 Å². The van der Waals surface area contributed by atoms with Crippen LogP contribution in [0.15, 0.2) is 54.6 Å². The normalized spacial score (nSPS) is 21.8. The van der Waals surface area contributed by atoms with Gasteiger partial charge in [0.1, 0.15) is 5.60 Å². The van der Waals surface area contributed by atoms with Crippen molar-refractivity contribution in [2.45, 2.75) is 57.0 Å². The maximum Gasteiger partial charge on any atom is 0.100 e. The Labute approximate surface area is 182 Å². The molecule has 2 fully saturated rings. The van der Waals surface area contributed by atoms with Crippen LogP contribution in [0.1, 0.15) is 61.6 Å². The highest BCUT2D eigenvalue weighted by atomic mass is 16.5. The van der Waals surface area contributed by atoms with Crippen LogP contribution in [0, 0.1) is 5.92 Å². The van der Waals surface area contributed by atoms with E-state index < -0.39 is 5.60 Å². The summed E-state index contributed by atoms with van der Waals surface area (Å²) in [7, 11) is 0. The van der Waals surface area contributed by atoms with Gasteiger partial charge in [-0.25, -0.2) is 0 Å². The molecule has 1 aliphatic heterocycles. The smallest absolute Gasteiger partial charge is 0.100 e. The summed E-state index contributed by atoms with van der Waals surface area (Å²) in [5, 5.41) is 12.7. The molecular weight excluding hydrogens is 370 g/mol. The lowest BCUT2D eigenvalue weighted by atomic mass is 9.65. The Morgan fingerprint density at radius 1 is 0.967 bits per heavy atom. The van der Waals surface area contributed by atoms with E-state index in [1.54, 1.807) is 0 Å². The molecule has 2 atom stereocenters. The molecule has 0 spiro atoms. The fourth-order valence-corrected chi connectivity index (χ4v) is 5.50. The zero-order valence-electron chi connectivity index (χ0n) is 18.4. The zero-order chi connectivity index (χ0) is 20.8. The minimum absolute atomic E-state index is 0.0485. The summed E-state index contributed by atoms with van der Waals surface area (Å²) in [6.45, 7) is 6.52. The first-order valence-corrected chi connectivity index (χ1v) is 11.9. The van der Waals surface area contributed by atoms with E-state index in [1.165, 1.54) is 30.4 Å². The number of aliphatic hydroxyl groups is 1. The highest BCUT2D eigenvalue weighted by molar-refractivity contribution is 5.35. The van der Waals surface area contributed by atoms with Crippen LogP contribution in [0.25, 0.3) is 0 Å². The minimum Gasteiger partial charge on any atom is -0.384 e. The van der Waals surface area contributed by atoms with E-state index in [1.807, 2.05) is 0 Å². The third kappa shape index (κ3) is 4.64. The quantitative estimate of drug-likeness (QED) is 0.690. The first kappa shape index (κ1) is 21.5. The third-order valence-corrected chi connectivity index (χ3v) is 7.33. The summed E-state index contributed by atoms with van der Waals surface area (Å²) in [5.41, 5.74) is 2.81. The number of morpholine rings is 1. The van der Waals surface area contributed by atoms with Gasteiger partial charge < -0.3 is 9.84 Å². The molecule has 1 saturated heterocycles. The summed E-state index contributed by atoms with van der Waals surface area (Å²) in [4.78, 5) is 2.48. The molecule has 1 aliphatic carbocycles. The maximum atomic E-state index is 12.7. The van der Waals surface area contributed by atoms with Crippen molar-refractivity contribution in [3.8, 4) is 0 Å². The molecule has 4 rings (SSSR count). The number of aryl methyl sites for hydroxylation is 1. The van der Waals surface area contributed by atoms with Gasteiger partial charge in [-0.2, -0.15) is 0 Å². The molecule has 2 unspecified atom stereocenters. The number of hydrogen-bond acceptors (Lipinski definition) is 3. The van der Waals surface area contributed by atoms with Gasteiger partial charge in [-0.05, 0) is 41.9 Å². The number of rotatable bonds is 7. The van der Waals surface area contributed by atoms with E-state index in [4.69, 9.17) is 4.74 Å². The zero-order valence-corrected chi connectivity index (χ0v) is 18.4. The van der Waals surface area contributed by atoms with E-state index in [9.17, 15) is 5.11 Å². The van der Waals surface area contributed by atoms with Crippen molar-refractivity contribution in [1.29, 1.82) is 0 Å². The number of hydrogen-bond donors (Lipinski definition) is 1. The Bertz CT molecular complexity index is 763. The number of benzene rings is 2. The SMILES string of the molecule is CCc1ccc(C(O)(C2CCCCC2)C(CN2CCOCC2)c2ccccc2)cc1. The lowest BCUT2D eigenvalue weighted by Crippen LogP contribution is -2.48. The van der Waals surface area contributed by atoms with Crippen LogP contribution in [0.4, 0.5) is 0 Å². The largest absolute Gasteiger partial charge is 0.384 e. The fourth-order valence-electron chi connectivity index (χ4n) is 5.50. The Balaban J connectivity index is 1.76. The van der Waals surface area contributed by atoms with Crippen molar-refractivity contribution in [1.82, 2.24) is 4.90 Å². The third-order valence-electron chi connectivity index (χ3n) is 7.33. The number of ether oxygens (including phenoxy) is 1. The van der Waals surface area contributed by atoms with Gasteiger partial charge in [0.25, 0.3) is 0 Å². The molecular formula is C27H37NO2. The molecule has 0 aromatic heterocycles. The van der Waals surface area contributed by atoms with Crippen LogP contribution < -0.4 is 0 Å². The van der Waals surface area contributed by atoms with Crippen LogP contribution >= 0.6 is 0 Å². The Morgan fingerprint density at radius 2 is 1.63 bits per heavy atom. The molecule has 2 aliphatic rings. The van der Waals surface area contributed by atoms with Gasteiger partial charge in [0.2, 0.25) is 0 Å². The van der Waals surface area contributed by atoms with Gasteiger partial charge in [-0.1, -0.05) is 80.8 Å².